The molecule has 4 heterocycles. The summed E-state index contributed by atoms with van der Waals surface area (Å²) in [6.45, 7) is 4.02. The van der Waals surface area contributed by atoms with Gasteiger partial charge in [-0.1, -0.05) is 0 Å². The number of carbonyl (C=O) groups is 1. The van der Waals surface area contributed by atoms with Crippen LogP contribution < -0.4 is 5.56 Å². The van der Waals surface area contributed by atoms with Gasteiger partial charge in [0.15, 0.2) is 0 Å². The van der Waals surface area contributed by atoms with E-state index in [9.17, 15) is 9.59 Å². The Morgan fingerprint density at radius 3 is 2.86 bits per heavy atom. The van der Waals surface area contributed by atoms with Crippen LogP contribution in [0.3, 0.4) is 0 Å². The summed E-state index contributed by atoms with van der Waals surface area (Å²) in [6.07, 6.45) is 6.27. The number of pyridine rings is 1. The van der Waals surface area contributed by atoms with E-state index in [0.717, 1.165) is 43.5 Å². The molecule has 6 heteroatoms. The lowest BCUT2D eigenvalue weighted by Crippen LogP contribution is -2.65. The largest absolute Gasteiger partial charge is 0.379 e. The predicted octanol–water partition coefficient (Wildman–Crippen LogP) is 1.56. The van der Waals surface area contributed by atoms with Gasteiger partial charge in [-0.05, 0) is 31.7 Å². The van der Waals surface area contributed by atoms with E-state index in [-0.39, 0.29) is 17.0 Å². The Morgan fingerprint density at radius 2 is 2.18 bits per heavy atom. The number of carbonyl (C=O) groups excluding carboxylic acids is 1. The Kier molecular flexibility index (Phi) is 2.91. The molecule has 1 atom stereocenters. The van der Waals surface area contributed by atoms with E-state index in [2.05, 4.69) is 9.97 Å². The van der Waals surface area contributed by atoms with E-state index in [1.807, 2.05) is 11.8 Å². The first-order chi connectivity index (χ1) is 10.6. The van der Waals surface area contributed by atoms with Crippen LogP contribution in [0.2, 0.25) is 0 Å². The van der Waals surface area contributed by atoms with Crippen molar-refractivity contribution in [2.24, 2.45) is 0 Å². The number of hydrogen-bond donors (Lipinski definition) is 2. The van der Waals surface area contributed by atoms with Crippen LogP contribution in [-0.2, 0) is 4.74 Å². The number of H-pyrrole nitrogens is 2. The number of aryl methyl sites for hydroxylation is 1. The highest BCUT2D eigenvalue weighted by Crippen LogP contribution is 2.39. The molecule has 2 saturated heterocycles. The zero-order valence-corrected chi connectivity index (χ0v) is 12.6. The fraction of sp³-hybridized carbons (Fsp3) is 0.500. The van der Waals surface area contributed by atoms with Gasteiger partial charge in [-0.25, -0.2) is 0 Å². The second kappa shape index (κ2) is 4.71. The first kappa shape index (κ1) is 13.6. The molecule has 2 aliphatic heterocycles. The number of nitrogens with one attached hydrogen (secondary N) is 2. The van der Waals surface area contributed by atoms with Crippen LogP contribution in [0.5, 0.6) is 0 Å². The first-order valence-electron chi connectivity index (χ1n) is 7.71. The van der Waals surface area contributed by atoms with Crippen molar-refractivity contribution >= 4 is 16.8 Å². The van der Waals surface area contributed by atoms with Crippen molar-refractivity contribution in [2.45, 2.75) is 31.7 Å². The molecule has 2 aliphatic rings. The number of ether oxygens (including phenoxy) is 1. The van der Waals surface area contributed by atoms with E-state index in [0.29, 0.717) is 17.6 Å². The number of aromatic nitrogens is 2. The molecule has 4 rings (SSSR count). The lowest BCUT2D eigenvalue weighted by atomic mass is 9.79. The molecule has 6 nitrogen and oxygen atoms in total. The summed E-state index contributed by atoms with van der Waals surface area (Å²) in [5.41, 5.74) is 1.74. The summed E-state index contributed by atoms with van der Waals surface area (Å²) < 4.78 is 5.59. The van der Waals surface area contributed by atoms with Gasteiger partial charge < -0.3 is 19.6 Å². The molecule has 0 bridgehead atoms. The lowest BCUT2D eigenvalue weighted by molar-refractivity contribution is -0.0882. The van der Waals surface area contributed by atoms with Crippen LogP contribution in [0.4, 0.5) is 0 Å². The van der Waals surface area contributed by atoms with Gasteiger partial charge in [0.1, 0.15) is 0 Å². The Bertz CT molecular complexity index is 799. The molecule has 1 spiro atoms. The third kappa shape index (κ3) is 1.76. The van der Waals surface area contributed by atoms with Crippen LogP contribution in [0.1, 0.15) is 35.2 Å². The Labute approximate surface area is 127 Å². The number of amides is 1. The van der Waals surface area contributed by atoms with E-state index in [1.165, 1.54) is 0 Å². The zero-order chi connectivity index (χ0) is 15.3. The quantitative estimate of drug-likeness (QED) is 0.839. The molecule has 0 saturated carbocycles. The van der Waals surface area contributed by atoms with Gasteiger partial charge in [-0.15, -0.1) is 0 Å². The number of aromatic amines is 2. The summed E-state index contributed by atoms with van der Waals surface area (Å²) in [6, 6.07) is 0. The van der Waals surface area contributed by atoms with E-state index in [4.69, 9.17) is 4.74 Å². The number of likely N-dealkylation sites (tertiary alicyclic amines) is 1. The van der Waals surface area contributed by atoms with Crippen LogP contribution in [0, 0.1) is 6.92 Å². The minimum Gasteiger partial charge on any atom is -0.379 e. The molecule has 1 amide bonds. The number of nitrogens with zero attached hydrogens (tertiary/aromatic N) is 1. The summed E-state index contributed by atoms with van der Waals surface area (Å²) in [5, 5.41) is 0.462. The number of fused-ring (bicyclic) bond motifs is 1. The molecular weight excluding hydrogens is 282 g/mol. The first-order valence-corrected chi connectivity index (χ1v) is 7.71. The Balaban J connectivity index is 1.75. The van der Waals surface area contributed by atoms with Crippen LogP contribution in [0.25, 0.3) is 10.9 Å². The zero-order valence-electron chi connectivity index (χ0n) is 12.6. The summed E-state index contributed by atoms with van der Waals surface area (Å²) in [5.74, 6) is -0.0703. The fourth-order valence-electron chi connectivity index (χ4n) is 3.71. The van der Waals surface area contributed by atoms with E-state index >= 15 is 0 Å². The molecule has 116 valence electrons. The van der Waals surface area contributed by atoms with Crippen LogP contribution >= 0.6 is 0 Å². The second-order valence-electron chi connectivity index (χ2n) is 6.34. The number of rotatable bonds is 1. The SMILES string of the molecule is Cc1c[nH]c(=O)c2c(C(=O)N3CCC34CCCOC4)c[nH]c12. The molecule has 22 heavy (non-hydrogen) atoms. The monoisotopic (exact) mass is 301 g/mol. The maximum Gasteiger partial charge on any atom is 0.258 e. The highest BCUT2D eigenvalue weighted by molar-refractivity contribution is 6.07. The van der Waals surface area contributed by atoms with Gasteiger partial charge in [-0.3, -0.25) is 9.59 Å². The third-order valence-electron chi connectivity index (χ3n) is 5.07. The summed E-state index contributed by atoms with van der Waals surface area (Å²) >= 11 is 0. The smallest absolute Gasteiger partial charge is 0.258 e. The molecule has 2 N–H and O–H groups in total. The average Bonchev–Trinajstić information content (AvgIpc) is 2.97. The minimum atomic E-state index is -0.223. The maximum atomic E-state index is 12.9. The molecule has 0 radical (unpaired) electrons. The molecule has 2 aromatic rings. The highest BCUT2D eigenvalue weighted by atomic mass is 16.5. The van der Waals surface area contributed by atoms with Gasteiger partial charge >= 0.3 is 0 Å². The van der Waals surface area contributed by atoms with E-state index < -0.39 is 0 Å². The topological polar surface area (TPSA) is 78.2 Å². The van der Waals surface area contributed by atoms with Crippen molar-refractivity contribution in [3.8, 4) is 0 Å². The van der Waals surface area contributed by atoms with Gasteiger partial charge in [0.05, 0.1) is 28.6 Å². The number of hydrogen-bond acceptors (Lipinski definition) is 3. The van der Waals surface area contributed by atoms with Crippen molar-refractivity contribution in [3.05, 3.63) is 33.9 Å². The van der Waals surface area contributed by atoms with Gasteiger partial charge in [0, 0.05) is 25.5 Å². The van der Waals surface area contributed by atoms with Gasteiger partial charge in [0.25, 0.3) is 11.5 Å². The molecule has 2 aromatic heterocycles. The predicted molar refractivity (Wildman–Crippen MR) is 82.1 cm³/mol. The maximum absolute atomic E-state index is 12.9. The van der Waals surface area contributed by atoms with Crippen molar-refractivity contribution in [1.29, 1.82) is 0 Å². The Hall–Kier alpha value is -2.08. The van der Waals surface area contributed by atoms with Crippen LogP contribution in [-0.4, -0.2) is 46.1 Å². The van der Waals surface area contributed by atoms with Crippen molar-refractivity contribution in [3.63, 3.8) is 0 Å². The van der Waals surface area contributed by atoms with E-state index in [1.54, 1.807) is 12.4 Å². The lowest BCUT2D eigenvalue weighted by Gasteiger charge is -2.54. The third-order valence-corrected chi connectivity index (χ3v) is 5.07. The van der Waals surface area contributed by atoms with Crippen molar-refractivity contribution in [2.75, 3.05) is 19.8 Å². The standard InChI is InChI=1S/C16H19N3O3/c1-10-7-18-14(20)12-11(8-17-13(10)12)15(21)19-5-4-16(19)3-2-6-22-9-16/h7-8,17H,2-6,9H2,1H3,(H,18,20). The Morgan fingerprint density at radius 1 is 1.32 bits per heavy atom. The minimum absolute atomic E-state index is 0.0703. The van der Waals surface area contributed by atoms with Crippen molar-refractivity contribution < 1.29 is 9.53 Å². The molecule has 0 aromatic carbocycles. The van der Waals surface area contributed by atoms with Crippen molar-refractivity contribution in [1.82, 2.24) is 14.9 Å². The fourth-order valence-corrected chi connectivity index (χ4v) is 3.71. The average molecular weight is 301 g/mol. The van der Waals surface area contributed by atoms with Gasteiger partial charge in [-0.2, -0.15) is 0 Å². The van der Waals surface area contributed by atoms with Crippen LogP contribution in [0.15, 0.2) is 17.2 Å². The normalized spacial score (nSPS) is 24.7. The highest BCUT2D eigenvalue weighted by Gasteiger charge is 2.49. The molecular formula is C16H19N3O3. The molecule has 1 unspecified atom stereocenters. The second-order valence-corrected chi connectivity index (χ2v) is 6.34. The molecule has 2 fully saturated rings. The summed E-state index contributed by atoms with van der Waals surface area (Å²) in [7, 11) is 0. The molecule has 0 aliphatic carbocycles. The van der Waals surface area contributed by atoms with Gasteiger partial charge in [0.2, 0.25) is 0 Å². The summed E-state index contributed by atoms with van der Waals surface area (Å²) in [4.78, 5) is 32.7.